The number of aromatic nitrogens is 1. The molecule has 2 N–H and O–H groups in total. The van der Waals surface area contributed by atoms with Gasteiger partial charge in [-0.3, -0.25) is 9.69 Å². The van der Waals surface area contributed by atoms with Crippen molar-refractivity contribution in [2.75, 3.05) is 6.54 Å². The SMILES string of the molecule is NC(=Nc1cc(CCc2ccc(-c3ccccc3)c(F)c2)no1)N1CCCCC1=O. The first-order chi connectivity index (χ1) is 14.6. The molecule has 7 heteroatoms. The van der Waals surface area contributed by atoms with Crippen LogP contribution in [0, 0.1) is 5.82 Å². The summed E-state index contributed by atoms with van der Waals surface area (Å²) < 4.78 is 19.7. The number of aliphatic imine (C=N–C) groups is 1. The van der Waals surface area contributed by atoms with Gasteiger partial charge in [0.15, 0.2) is 0 Å². The van der Waals surface area contributed by atoms with Crippen LogP contribution in [-0.4, -0.2) is 28.5 Å². The monoisotopic (exact) mass is 406 g/mol. The van der Waals surface area contributed by atoms with Gasteiger partial charge in [0.2, 0.25) is 11.9 Å². The molecule has 0 radical (unpaired) electrons. The summed E-state index contributed by atoms with van der Waals surface area (Å²) in [4.78, 5) is 17.6. The Hall–Kier alpha value is -3.48. The van der Waals surface area contributed by atoms with Crippen LogP contribution < -0.4 is 5.73 Å². The molecule has 1 aromatic heterocycles. The van der Waals surface area contributed by atoms with Gasteiger partial charge in [-0.05, 0) is 42.9 Å². The molecule has 1 saturated heterocycles. The molecule has 3 aromatic rings. The van der Waals surface area contributed by atoms with Gasteiger partial charge in [-0.1, -0.05) is 47.6 Å². The fourth-order valence-electron chi connectivity index (χ4n) is 3.53. The second-order valence-corrected chi connectivity index (χ2v) is 7.31. The van der Waals surface area contributed by atoms with Crippen molar-refractivity contribution < 1.29 is 13.7 Å². The fraction of sp³-hybridized carbons (Fsp3) is 0.261. The van der Waals surface area contributed by atoms with Gasteiger partial charge in [0.25, 0.3) is 5.88 Å². The van der Waals surface area contributed by atoms with E-state index in [1.54, 1.807) is 18.2 Å². The minimum atomic E-state index is -0.247. The average Bonchev–Trinajstić information content (AvgIpc) is 3.20. The maximum Gasteiger partial charge on any atom is 0.253 e. The van der Waals surface area contributed by atoms with Crippen molar-refractivity contribution in [2.24, 2.45) is 10.7 Å². The first-order valence-electron chi connectivity index (χ1n) is 10.0. The summed E-state index contributed by atoms with van der Waals surface area (Å²) in [7, 11) is 0. The lowest BCUT2D eigenvalue weighted by atomic mass is 10.0. The molecule has 0 bridgehead atoms. The molecule has 4 rings (SSSR count). The predicted octanol–water partition coefficient (Wildman–Crippen LogP) is 4.22. The second kappa shape index (κ2) is 8.90. The number of piperidine rings is 1. The van der Waals surface area contributed by atoms with Gasteiger partial charge in [-0.25, -0.2) is 4.39 Å². The first kappa shape index (κ1) is 19.8. The molecular formula is C23H23FN4O2. The van der Waals surface area contributed by atoms with Crippen LogP contribution in [0.5, 0.6) is 0 Å². The van der Waals surface area contributed by atoms with Crippen LogP contribution in [0.4, 0.5) is 10.3 Å². The van der Waals surface area contributed by atoms with Crippen LogP contribution in [0.1, 0.15) is 30.5 Å². The van der Waals surface area contributed by atoms with E-state index >= 15 is 0 Å². The highest BCUT2D eigenvalue weighted by atomic mass is 19.1. The smallest absolute Gasteiger partial charge is 0.253 e. The number of amides is 1. The summed E-state index contributed by atoms with van der Waals surface area (Å²) in [5.41, 5.74) is 8.95. The number of halogens is 1. The van der Waals surface area contributed by atoms with Gasteiger partial charge in [0, 0.05) is 24.6 Å². The van der Waals surface area contributed by atoms with Crippen LogP contribution in [0.3, 0.4) is 0 Å². The third-order valence-corrected chi connectivity index (χ3v) is 5.16. The number of hydrogen-bond acceptors (Lipinski definition) is 4. The molecule has 0 spiro atoms. The van der Waals surface area contributed by atoms with Crippen molar-refractivity contribution in [1.82, 2.24) is 10.1 Å². The fourth-order valence-corrected chi connectivity index (χ4v) is 3.53. The van der Waals surface area contributed by atoms with Crippen LogP contribution >= 0.6 is 0 Å². The number of likely N-dealkylation sites (tertiary alicyclic amines) is 1. The van der Waals surface area contributed by atoms with Crippen molar-refractivity contribution in [1.29, 1.82) is 0 Å². The molecule has 0 unspecified atom stereocenters. The number of nitrogens with two attached hydrogens (primary N) is 1. The van der Waals surface area contributed by atoms with E-state index in [1.165, 1.54) is 4.90 Å². The van der Waals surface area contributed by atoms with Gasteiger partial charge in [0.05, 0.1) is 5.69 Å². The lowest BCUT2D eigenvalue weighted by Crippen LogP contribution is -2.44. The van der Waals surface area contributed by atoms with Crippen LogP contribution in [-0.2, 0) is 17.6 Å². The summed E-state index contributed by atoms with van der Waals surface area (Å²) in [5, 5.41) is 4.00. The number of nitrogens with zero attached hydrogens (tertiary/aromatic N) is 3. The zero-order chi connectivity index (χ0) is 20.9. The molecular weight excluding hydrogens is 383 g/mol. The van der Waals surface area contributed by atoms with Crippen molar-refractivity contribution in [3.63, 3.8) is 0 Å². The Morgan fingerprint density at radius 2 is 1.97 bits per heavy atom. The highest BCUT2D eigenvalue weighted by Gasteiger charge is 2.21. The van der Waals surface area contributed by atoms with Crippen molar-refractivity contribution in [3.05, 3.63) is 71.7 Å². The summed E-state index contributed by atoms with van der Waals surface area (Å²) in [5.74, 6) is 0.110. The molecule has 2 heterocycles. The van der Waals surface area contributed by atoms with Crippen molar-refractivity contribution >= 4 is 17.8 Å². The summed E-state index contributed by atoms with van der Waals surface area (Å²) in [6, 6.07) is 16.4. The third kappa shape index (κ3) is 4.56. The molecule has 30 heavy (non-hydrogen) atoms. The molecule has 6 nitrogen and oxygen atoms in total. The highest BCUT2D eigenvalue weighted by molar-refractivity contribution is 5.97. The van der Waals surface area contributed by atoms with E-state index in [1.807, 2.05) is 36.4 Å². The van der Waals surface area contributed by atoms with Gasteiger partial charge in [-0.2, -0.15) is 4.99 Å². The largest absolute Gasteiger partial charge is 0.369 e. The number of aryl methyl sites for hydroxylation is 2. The molecule has 1 aliphatic rings. The Balaban J connectivity index is 1.39. The lowest BCUT2D eigenvalue weighted by Gasteiger charge is -2.25. The van der Waals surface area contributed by atoms with Crippen molar-refractivity contribution in [2.45, 2.75) is 32.1 Å². The molecule has 0 atom stereocenters. The van der Waals surface area contributed by atoms with Crippen LogP contribution in [0.15, 0.2) is 64.1 Å². The molecule has 0 aliphatic carbocycles. The van der Waals surface area contributed by atoms with Gasteiger partial charge < -0.3 is 10.3 Å². The highest BCUT2D eigenvalue weighted by Crippen LogP contribution is 2.24. The summed E-state index contributed by atoms with van der Waals surface area (Å²) >= 11 is 0. The lowest BCUT2D eigenvalue weighted by molar-refractivity contribution is -0.129. The molecule has 2 aromatic carbocycles. The number of benzene rings is 2. The standard InChI is InChI=1S/C23H23FN4O2/c24-20-14-16(10-12-19(20)17-6-2-1-3-7-17)9-11-18-15-21(30-27-18)26-23(25)28-13-5-4-8-22(28)29/h1-3,6-7,10,12,14-15H,4-5,8-9,11,13H2,(H2,25,26). The van der Waals surface area contributed by atoms with Gasteiger partial charge in [0.1, 0.15) is 5.82 Å². The minimum absolute atomic E-state index is 0.0248. The quantitative estimate of drug-likeness (QED) is 0.508. The normalized spacial score (nSPS) is 14.9. The van der Waals surface area contributed by atoms with E-state index in [-0.39, 0.29) is 23.6 Å². The molecule has 1 fully saturated rings. The average molecular weight is 406 g/mol. The zero-order valence-corrected chi connectivity index (χ0v) is 16.6. The Kier molecular flexibility index (Phi) is 5.88. The topological polar surface area (TPSA) is 84.7 Å². The second-order valence-electron chi connectivity index (χ2n) is 7.31. The van der Waals surface area contributed by atoms with E-state index in [0.717, 1.165) is 24.0 Å². The number of rotatable bonds is 5. The first-order valence-corrected chi connectivity index (χ1v) is 10.0. The number of carbonyl (C=O) groups excluding carboxylic acids is 1. The number of carbonyl (C=O) groups is 1. The Morgan fingerprint density at radius 3 is 2.73 bits per heavy atom. The van der Waals surface area contributed by atoms with Gasteiger partial charge >= 0.3 is 0 Å². The molecule has 154 valence electrons. The summed E-state index contributed by atoms with van der Waals surface area (Å²) in [6.07, 6.45) is 3.45. The minimum Gasteiger partial charge on any atom is -0.369 e. The number of hydrogen-bond donors (Lipinski definition) is 1. The van der Waals surface area contributed by atoms with E-state index in [4.69, 9.17) is 10.3 Å². The van der Waals surface area contributed by atoms with E-state index < -0.39 is 0 Å². The molecule has 1 aliphatic heterocycles. The van der Waals surface area contributed by atoms with Crippen LogP contribution in [0.2, 0.25) is 0 Å². The summed E-state index contributed by atoms with van der Waals surface area (Å²) in [6.45, 7) is 0.569. The van der Waals surface area contributed by atoms with Crippen molar-refractivity contribution in [3.8, 4) is 11.1 Å². The maximum atomic E-state index is 14.5. The molecule has 0 saturated carbocycles. The molecule has 1 amide bonds. The Morgan fingerprint density at radius 1 is 1.13 bits per heavy atom. The van der Waals surface area contributed by atoms with Gasteiger partial charge in [-0.15, -0.1) is 0 Å². The Bertz CT molecular complexity index is 1060. The maximum absolute atomic E-state index is 14.5. The van der Waals surface area contributed by atoms with Crippen LogP contribution in [0.25, 0.3) is 11.1 Å². The van der Waals surface area contributed by atoms with E-state index in [2.05, 4.69) is 10.1 Å². The van der Waals surface area contributed by atoms with E-state index in [9.17, 15) is 9.18 Å². The van der Waals surface area contributed by atoms with E-state index in [0.29, 0.717) is 37.1 Å². The Labute approximate surface area is 174 Å². The predicted molar refractivity (Wildman–Crippen MR) is 113 cm³/mol. The number of guanidine groups is 1. The zero-order valence-electron chi connectivity index (χ0n) is 16.6. The third-order valence-electron chi connectivity index (χ3n) is 5.16.